The van der Waals surface area contributed by atoms with Crippen molar-refractivity contribution in [3.05, 3.63) is 55.5 Å². The third kappa shape index (κ3) is 4.44. The Morgan fingerprint density at radius 1 is 1.35 bits per heavy atom. The highest BCUT2D eigenvalue weighted by Crippen LogP contribution is 2.31. The van der Waals surface area contributed by atoms with Gasteiger partial charge in [-0.1, -0.05) is 46.0 Å². The van der Waals surface area contributed by atoms with Crippen molar-refractivity contribution in [2.24, 2.45) is 0 Å². The highest BCUT2D eigenvalue weighted by Gasteiger charge is 2.22. The molecule has 1 fully saturated rings. The number of thiophene rings is 1. The molecule has 0 aliphatic carbocycles. The van der Waals surface area contributed by atoms with Gasteiger partial charge >= 0.3 is 0 Å². The highest BCUT2D eigenvalue weighted by molar-refractivity contribution is 9.10. The number of hydrogen-bond donors (Lipinski definition) is 1. The van der Waals surface area contributed by atoms with Crippen LogP contribution in [0.3, 0.4) is 0 Å². The summed E-state index contributed by atoms with van der Waals surface area (Å²) < 4.78 is 7.32. The van der Waals surface area contributed by atoms with Gasteiger partial charge in [-0.25, -0.2) is 0 Å². The predicted molar refractivity (Wildman–Crippen MR) is 104 cm³/mol. The van der Waals surface area contributed by atoms with Gasteiger partial charge in [-0.05, 0) is 35.7 Å². The Bertz CT molecular complexity index is 772. The highest BCUT2D eigenvalue weighted by atomic mass is 79.9. The monoisotopic (exact) mass is 425 g/mol. The largest absolute Gasteiger partial charge is 0.493 e. The Kier molecular flexibility index (Phi) is 5.53. The molecule has 118 valence electrons. The maximum atomic E-state index is 11.8. The number of thiocarbonyl (C=S) groups is 1. The molecule has 1 amide bonds. The van der Waals surface area contributed by atoms with E-state index in [1.165, 1.54) is 16.6 Å². The Morgan fingerprint density at radius 2 is 2.22 bits per heavy atom. The van der Waals surface area contributed by atoms with Crippen LogP contribution in [0.25, 0.3) is 6.08 Å². The first-order valence-corrected chi connectivity index (χ1v) is 9.71. The minimum atomic E-state index is -0.162. The molecule has 0 bridgehead atoms. The quantitative estimate of drug-likeness (QED) is 0.559. The minimum absolute atomic E-state index is 0.162. The molecule has 1 N–H and O–H groups in total. The van der Waals surface area contributed by atoms with Crippen LogP contribution >= 0.6 is 51.2 Å². The number of halogens is 1. The number of hydrogen-bond acceptors (Lipinski definition) is 5. The maximum absolute atomic E-state index is 11.8. The number of rotatable bonds is 5. The fraction of sp³-hybridized carbons (Fsp3) is 0.125. The standard InChI is InChI=1S/C16H12BrNO2S3/c17-11-3-4-13(20-6-5-12-2-1-7-22-12)10(8-11)9-14-15(19)18-16(21)23-14/h1-4,7-9H,5-6H2,(H,18,19,21)/b14-9-. The van der Waals surface area contributed by atoms with Crippen LogP contribution in [0.2, 0.25) is 0 Å². The van der Waals surface area contributed by atoms with Crippen LogP contribution < -0.4 is 10.1 Å². The molecule has 2 aromatic rings. The van der Waals surface area contributed by atoms with Crippen molar-refractivity contribution in [2.75, 3.05) is 6.61 Å². The summed E-state index contributed by atoms with van der Waals surface area (Å²) in [5.74, 6) is 0.591. The van der Waals surface area contributed by atoms with E-state index in [1.54, 1.807) is 11.3 Å². The van der Waals surface area contributed by atoms with Crippen molar-refractivity contribution in [2.45, 2.75) is 6.42 Å². The number of carbonyl (C=O) groups is 1. The summed E-state index contributed by atoms with van der Waals surface area (Å²) >= 11 is 11.5. The molecule has 1 aromatic heterocycles. The molecular weight excluding hydrogens is 414 g/mol. The van der Waals surface area contributed by atoms with Gasteiger partial charge < -0.3 is 10.1 Å². The molecule has 3 rings (SSSR count). The fourth-order valence-corrected chi connectivity index (χ4v) is 4.15. The van der Waals surface area contributed by atoms with Crippen molar-refractivity contribution in [3.63, 3.8) is 0 Å². The van der Waals surface area contributed by atoms with E-state index in [0.29, 0.717) is 15.8 Å². The molecule has 2 heterocycles. The summed E-state index contributed by atoms with van der Waals surface area (Å²) in [5.41, 5.74) is 0.855. The van der Waals surface area contributed by atoms with E-state index in [2.05, 4.69) is 32.7 Å². The van der Waals surface area contributed by atoms with Gasteiger partial charge in [0.1, 0.15) is 10.1 Å². The average molecular weight is 426 g/mol. The van der Waals surface area contributed by atoms with Gasteiger partial charge in [0.2, 0.25) is 0 Å². The normalized spacial score (nSPS) is 16.0. The fourth-order valence-electron chi connectivity index (χ4n) is 2.04. The lowest BCUT2D eigenvalue weighted by Gasteiger charge is -2.09. The average Bonchev–Trinajstić information content (AvgIpc) is 3.12. The molecule has 1 aromatic carbocycles. The number of benzene rings is 1. The molecule has 3 nitrogen and oxygen atoms in total. The first kappa shape index (κ1) is 16.7. The van der Waals surface area contributed by atoms with Gasteiger partial charge in [-0.2, -0.15) is 0 Å². The molecule has 1 aliphatic rings. The maximum Gasteiger partial charge on any atom is 0.263 e. The summed E-state index contributed by atoms with van der Waals surface area (Å²) in [5, 5.41) is 4.68. The lowest BCUT2D eigenvalue weighted by molar-refractivity contribution is -0.115. The zero-order valence-corrected chi connectivity index (χ0v) is 15.9. The summed E-state index contributed by atoms with van der Waals surface area (Å²) in [4.78, 5) is 13.7. The van der Waals surface area contributed by atoms with Crippen molar-refractivity contribution >= 4 is 67.6 Å². The molecule has 0 saturated carbocycles. The van der Waals surface area contributed by atoms with Gasteiger partial charge in [-0.15, -0.1) is 11.3 Å². The topological polar surface area (TPSA) is 38.3 Å². The molecule has 0 radical (unpaired) electrons. The Hall–Kier alpha value is -1.15. The van der Waals surface area contributed by atoms with Crippen LogP contribution in [0.15, 0.2) is 45.1 Å². The van der Waals surface area contributed by atoms with Crippen molar-refractivity contribution in [3.8, 4) is 5.75 Å². The molecular formula is C16H12BrNO2S3. The number of nitrogens with one attached hydrogen (secondary N) is 1. The first-order valence-electron chi connectivity index (χ1n) is 6.81. The van der Waals surface area contributed by atoms with E-state index < -0.39 is 0 Å². The number of amides is 1. The summed E-state index contributed by atoms with van der Waals surface area (Å²) in [6.07, 6.45) is 2.67. The number of carbonyl (C=O) groups excluding carboxylic acids is 1. The van der Waals surface area contributed by atoms with Crippen molar-refractivity contribution in [1.29, 1.82) is 0 Å². The molecule has 1 aliphatic heterocycles. The lowest BCUT2D eigenvalue weighted by Crippen LogP contribution is -2.17. The van der Waals surface area contributed by atoms with Crippen LogP contribution in [-0.4, -0.2) is 16.8 Å². The lowest BCUT2D eigenvalue weighted by atomic mass is 10.2. The zero-order chi connectivity index (χ0) is 16.2. The summed E-state index contributed by atoms with van der Waals surface area (Å²) in [6.45, 7) is 0.593. The van der Waals surface area contributed by atoms with E-state index in [0.717, 1.165) is 22.2 Å². The van der Waals surface area contributed by atoms with E-state index in [-0.39, 0.29) is 5.91 Å². The molecule has 0 spiro atoms. The van der Waals surface area contributed by atoms with Gasteiger partial charge in [-0.3, -0.25) is 4.79 Å². The Morgan fingerprint density at radius 3 is 2.91 bits per heavy atom. The van der Waals surface area contributed by atoms with Gasteiger partial charge in [0.25, 0.3) is 5.91 Å². The zero-order valence-electron chi connectivity index (χ0n) is 11.9. The van der Waals surface area contributed by atoms with Crippen LogP contribution in [0.4, 0.5) is 0 Å². The number of ether oxygens (including phenoxy) is 1. The third-order valence-corrected chi connectivity index (χ3v) is 5.68. The van der Waals surface area contributed by atoms with Gasteiger partial charge in [0, 0.05) is 21.3 Å². The van der Waals surface area contributed by atoms with E-state index >= 15 is 0 Å². The second-order valence-corrected chi connectivity index (χ2v) is 8.38. The Labute approximate surface area is 156 Å². The van der Waals surface area contributed by atoms with Crippen LogP contribution in [0.5, 0.6) is 5.75 Å². The SMILES string of the molecule is O=C1NC(=S)S/C1=C\c1cc(Br)ccc1OCCc1cccs1. The number of thioether (sulfide) groups is 1. The van der Waals surface area contributed by atoms with E-state index in [4.69, 9.17) is 17.0 Å². The van der Waals surface area contributed by atoms with Crippen LogP contribution in [0, 0.1) is 0 Å². The van der Waals surface area contributed by atoms with Crippen LogP contribution in [-0.2, 0) is 11.2 Å². The van der Waals surface area contributed by atoms with Gasteiger partial charge in [0.15, 0.2) is 0 Å². The van der Waals surface area contributed by atoms with E-state index in [9.17, 15) is 4.79 Å². The third-order valence-electron chi connectivity index (χ3n) is 3.09. The van der Waals surface area contributed by atoms with Gasteiger partial charge in [0.05, 0.1) is 11.5 Å². The van der Waals surface area contributed by atoms with Crippen molar-refractivity contribution in [1.82, 2.24) is 5.32 Å². The second kappa shape index (κ2) is 7.61. The molecule has 0 unspecified atom stereocenters. The molecule has 0 atom stereocenters. The smallest absolute Gasteiger partial charge is 0.263 e. The Balaban J connectivity index is 1.76. The van der Waals surface area contributed by atoms with Crippen molar-refractivity contribution < 1.29 is 9.53 Å². The summed E-state index contributed by atoms with van der Waals surface area (Å²) in [6, 6.07) is 9.89. The first-order chi connectivity index (χ1) is 11.1. The van der Waals surface area contributed by atoms with Crippen LogP contribution in [0.1, 0.15) is 10.4 Å². The summed E-state index contributed by atoms with van der Waals surface area (Å²) in [7, 11) is 0. The molecule has 7 heteroatoms. The predicted octanol–water partition coefficient (Wildman–Crippen LogP) is 4.62. The molecule has 23 heavy (non-hydrogen) atoms. The minimum Gasteiger partial charge on any atom is -0.493 e. The van der Waals surface area contributed by atoms with E-state index in [1.807, 2.05) is 30.3 Å². The second-order valence-electron chi connectivity index (χ2n) is 4.71. The molecule has 1 saturated heterocycles.